The van der Waals surface area contributed by atoms with E-state index in [4.69, 9.17) is 0 Å². The van der Waals surface area contributed by atoms with Crippen molar-refractivity contribution in [1.82, 2.24) is 0 Å². The third-order valence-electron chi connectivity index (χ3n) is 3.83. The molecule has 0 aromatic heterocycles. The molecule has 2 aromatic rings. The second-order valence-corrected chi connectivity index (χ2v) is 6.39. The smallest absolute Gasteiger partial charge is 0.246 e. The van der Waals surface area contributed by atoms with Crippen molar-refractivity contribution in [2.45, 2.75) is 39.7 Å². The van der Waals surface area contributed by atoms with Gasteiger partial charge >= 0.3 is 0 Å². The lowest BCUT2D eigenvalue weighted by molar-refractivity contribution is -0.116. The zero-order valence-electron chi connectivity index (χ0n) is 15.1. The maximum Gasteiger partial charge on any atom is 0.246 e. The lowest BCUT2D eigenvalue weighted by atomic mass is 10.0. The highest BCUT2D eigenvalue weighted by atomic mass is 16.2. The molecule has 2 aromatic carbocycles. The van der Waals surface area contributed by atoms with Crippen molar-refractivity contribution in [1.29, 1.82) is 0 Å². The summed E-state index contributed by atoms with van der Waals surface area (Å²) in [6, 6.07) is 14.7. The summed E-state index contributed by atoms with van der Waals surface area (Å²) in [5.74, 6) is 0.242. The summed E-state index contributed by atoms with van der Waals surface area (Å²) in [7, 11) is 0. The van der Waals surface area contributed by atoms with Crippen LogP contribution in [0.4, 0.5) is 17.1 Å². The van der Waals surface area contributed by atoms with Gasteiger partial charge in [-0.1, -0.05) is 26.0 Å². The summed E-state index contributed by atoms with van der Waals surface area (Å²) in [6.45, 7) is 7.54. The van der Waals surface area contributed by atoms with Gasteiger partial charge in [0.1, 0.15) is 6.04 Å². The predicted molar refractivity (Wildman–Crippen MR) is 103 cm³/mol. The minimum Gasteiger partial charge on any atom is -0.374 e. The quantitative estimate of drug-likeness (QED) is 0.738. The van der Waals surface area contributed by atoms with E-state index in [0.29, 0.717) is 5.92 Å². The summed E-state index contributed by atoms with van der Waals surface area (Å²) in [5.41, 5.74) is 3.56. The number of nitrogens with one attached hydrogen (secondary N) is 3. The van der Waals surface area contributed by atoms with E-state index >= 15 is 0 Å². The van der Waals surface area contributed by atoms with Gasteiger partial charge in [0.05, 0.1) is 0 Å². The fourth-order valence-electron chi connectivity index (χ4n) is 2.37. The maximum absolute atomic E-state index is 12.3. The minimum absolute atomic E-state index is 0.108. The van der Waals surface area contributed by atoms with Crippen molar-refractivity contribution < 1.29 is 9.59 Å². The number of amides is 2. The van der Waals surface area contributed by atoms with Crippen LogP contribution in [0.2, 0.25) is 0 Å². The van der Waals surface area contributed by atoms with Gasteiger partial charge in [-0.25, -0.2) is 0 Å². The van der Waals surface area contributed by atoms with E-state index in [2.05, 4.69) is 29.8 Å². The van der Waals surface area contributed by atoms with Gasteiger partial charge in [0.25, 0.3) is 0 Å². The highest BCUT2D eigenvalue weighted by molar-refractivity contribution is 5.96. The largest absolute Gasteiger partial charge is 0.374 e. The van der Waals surface area contributed by atoms with E-state index in [-0.39, 0.29) is 11.8 Å². The molecule has 0 fully saturated rings. The van der Waals surface area contributed by atoms with Gasteiger partial charge in [-0.15, -0.1) is 0 Å². The highest BCUT2D eigenvalue weighted by Crippen LogP contribution is 2.18. The van der Waals surface area contributed by atoms with Crippen LogP contribution in [-0.4, -0.2) is 17.9 Å². The molecule has 2 amide bonds. The third-order valence-corrected chi connectivity index (χ3v) is 3.83. The van der Waals surface area contributed by atoms with Crippen LogP contribution >= 0.6 is 0 Å². The van der Waals surface area contributed by atoms with E-state index in [1.54, 1.807) is 19.1 Å². The number of carbonyl (C=O) groups is 2. The van der Waals surface area contributed by atoms with Gasteiger partial charge in [0, 0.05) is 24.0 Å². The van der Waals surface area contributed by atoms with Gasteiger partial charge in [0.2, 0.25) is 11.8 Å². The molecule has 0 aliphatic heterocycles. The Labute approximate surface area is 148 Å². The van der Waals surface area contributed by atoms with E-state index < -0.39 is 6.04 Å². The first-order chi connectivity index (χ1) is 11.8. The third kappa shape index (κ3) is 5.64. The second kappa shape index (κ2) is 8.33. The van der Waals surface area contributed by atoms with Crippen LogP contribution < -0.4 is 16.0 Å². The molecule has 0 aliphatic rings. The molecule has 0 aliphatic carbocycles. The molecule has 2 rings (SSSR count). The lowest BCUT2D eigenvalue weighted by Gasteiger charge is -2.16. The van der Waals surface area contributed by atoms with Crippen molar-refractivity contribution in [3.05, 3.63) is 54.1 Å². The maximum atomic E-state index is 12.3. The molecule has 0 saturated carbocycles. The first-order valence-electron chi connectivity index (χ1n) is 8.40. The minimum atomic E-state index is -0.392. The molecular weight excluding hydrogens is 314 g/mol. The van der Waals surface area contributed by atoms with Crippen molar-refractivity contribution in [3.63, 3.8) is 0 Å². The van der Waals surface area contributed by atoms with Crippen molar-refractivity contribution in [2.24, 2.45) is 0 Å². The molecule has 3 N–H and O–H groups in total. The summed E-state index contributed by atoms with van der Waals surface area (Å²) < 4.78 is 0. The molecule has 5 nitrogen and oxygen atoms in total. The molecule has 0 bridgehead atoms. The topological polar surface area (TPSA) is 70.2 Å². The van der Waals surface area contributed by atoms with Gasteiger partial charge in [-0.3, -0.25) is 9.59 Å². The Bertz CT molecular complexity index is 722. The van der Waals surface area contributed by atoms with Gasteiger partial charge in [-0.05, 0) is 54.8 Å². The molecule has 0 unspecified atom stereocenters. The van der Waals surface area contributed by atoms with E-state index in [0.717, 1.165) is 17.1 Å². The zero-order valence-corrected chi connectivity index (χ0v) is 15.1. The summed E-state index contributed by atoms with van der Waals surface area (Å²) >= 11 is 0. The number of hydrogen-bond donors (Lipinski definition) is 3. The lowest BCUT2D eigenvalue weighted by Crippen LogP contribution is -2.31. The van der Waals surface area contributed by atoms with Gasteiger partial charge in [0.15, 0.2) is 0 Å². The molecule has 5 heteroatoms. The molecule has 1 atom stereocenters. The van der Waals surface area contributed by atoms with Crippen LogP contribution in [0.15, 0.2) is 48.5 Å². The van der Waals surface area contributed by atoms with Crippen LogP contribution in [0.1, 0.15) is 39.2 Å². The average molecular weight is 339 g/mol. The summed E-state index contributed by atoms with van der Waals surface area (Å²) in [6.07, 6.45) is 0. The number of rotatable bonds is 6. The SMILES string of the molecule is CC(=O)Nc1ccc(N[C@H](C)C(=O)Nc2ccc(C(C)C)cc2)cc1. The Hall–Kier alpha value is -2.82. The van der Waals surface area contributed by atoms with Crippen LogP contribution in [0.5, 0.6) is 0 Å². The second-order valence-electron chi connectivity index (χ2n) is 6.39. The van der Waals surface area contributed by atoms with E-state index in [1.807, 2.05) is 36.4 Å². The Morgan fingerprint density at radius 2 is 1.24 bits per heavy atom. The van der Waals surface area contributed by atoms with E-state index in [1.165, 1.54) is 12.5 Å². The van der Waals surface area contributed by atoms with Gasteiger partial charge in [-0.2, -0.15) is 0 Å². The highest BCUT2D eigenvalue weighted by Gasteiger charge is 2.13. The molecular formula is C20H25N3O2. The Morgan fingerprint density at radius 1 is 0.760 bits per heavy atom. The number of carbonyl (C=O) groups excluding carboxylic acids is 2. The Kier molecular flexibility index (Phi) is 6.17. The number of hydrogen-bond acceptors (Lipinski definition) is 3. The number of benzene rings is 2. The fourth-order valence-corrected chi connectivity index (χ4v) is 2.37. The van der Waals surface area contributed by atoms with Crippen LogP contribution in [0.3, 0.4) is 0 Å². The average Bonchev–Trinajstić information content (AvgIpc) is 2.56. The van der Waals surface area contributed by atoms with Crippen LogP contribution in [-0.2, 0) is 9.59 Å². The first-order valence-corrected chi connectivity index (χ1v) is 8.40. The predicted octanol–water partition coefficient (Wildman–Crippen LogP) is 4.21. The van der Waals surface area contributed by atoms with Crippen LogP contribution in [0.25, 0.3) is 0 Å². The standard InChI is InChI=1S/C20H25N3O2/c1-13(2)16-5-7-19(8-6-16)23-20(25)14(3)21-17-9-11-18(12-10-17)22-15(4)24/h5-14,21H,1-4H3,(H,22,24)(H,23,25)/t14-/m1/s1. The Balaban J connectivity index is 1.92. The monoisotopic (exact) mass is 339 g/mol. The normalized spacial score (nSPS) is 11.7. The zero-order chi connectivity index (χ0) is 18.4. The van der Waals surface area contributed by atoms with E-state index in [9.17, 15) is 9.59 Å². The number of anilines is 3. The molecule has 0 heterocycles. The van der Waals surface area contributed by atoms with Gasteiger partial charge < -0.3 is 16.0 Å². The molecule has 25 heavy (non-hydrogen) atoms. The fraction of sp³-hybridized carbons (Fsp3) is 0.300. The molecule has 0 saturated heterocycles. The summed E-state index contributed by atoms with van der Waals surface area (Å²) in [4.78, 5) is 23.3. The first kappa shape index (κ1) is 18.5. The summed E-state index contributed by atoms with van der Waals surface area (Å²) in [5, 5.41) is 8.76. The molecule has 0 radical (unpaired) electrons. The van der Waals surface area contributed by atoms with Crippen molar-refractivity contribution in [2.75, 3.05) is 16.0 Å². The van der Waals surface area contributed by atoms with Crippen LogP contribution in [0, 0.1) is 0 Å². The van der Waals surface area contributed by atoms with Crippen molar-refractivity contribution >= 4 is 28.9 Å². The Morgan fingerprint density at radius 3 is 1.76 bits per heavy atom. The molecule has 0 spiro atoms. The van der Waals surface area contributed by atoms with Crippen molar-refractivity contribution in [3.8, 4) is 0 Å². The molecule has 132 valence electrons.